The fourth-order valence-electron chi connectivity index (χ4n) is 3.46. The molecule has 0 bridgehead atoms. The second kappa shape index (κ2) is 7.85. The molecule has 2 N–H and O–H groups in total. The van der Waals surface area contributed by atoms with Gasteiger partial charge < -0.3 is 20.1 Å². The Morgan fingerprint density at radius 1 is 1.21 bits per heavy atom. The van der Waals surface area contributed by atoms with Crippen molar-refractivity contribution < 1.29 is 14.3 Å². The molecule has 0 aromatic heterocycles. The van der Waals surface area contributed by atoms with Gasteiger partial charge in [0.15, 0.2) is 0 Å². The second-order valence-corrected chi connectivity index (χ2v) is 6.56. The second-order valence-electron chi connectivity index (χ2n) is 6.56. The molecule has 1 saturated carbocycles. The van der Waals surface area contributed by atoms with E-state index in [0.717, 1.165) is 50.5 Å². The average Bonchev–Trinajstić information content (AvgIpc) is 2.60. The fraction of sp³-hybridized carbons (Fsp3) is 0.611. The molecule has 1 aromatic carbocycles. The highest BCUT2D eigenvalue weighted by molar-refractivity contribution is 5.74. The summed E-state index contributed by atoms with van der Waals surface area (Å²) in [6, 6.07) is 7.61. The number of morpholine rings is 1. The Hall–Kier alpha value is -1.79. The van der Waals surface area contributed by atoms with Crippen molar-refractivity contribution in [3.63, 3.8) is 0 Å². The molecule has 2 aliphatic rings. The summed E-state index contributed by atoms with van der Waals surface area (Å²) in [5.41, 5.74) is 1.19. The summed E-state index contributed by atoms with van der Waals surface area (Å²) in [6.07, 6.45) is 3.56. The minimum Gasteiger partial charge on any atom is -0.497 e. The van der Waals surface area contributed by atoms with Gasteiger partial charge in [-0.25, -0.2) is 4.79 Å². The molecule has 2 amide bonds. The molecule has 6 heteroatoms. The van der Waals surface area contributed by atoms with Crippen LogP contribution in [0.5, 0.6) is 5.75 Å². The van der Waals surface area contributed by atoms with Crippen LogP contribution in [0.1, 0.15) is 24.8 Å². The monoisotopic (exact) mass is 333 g/mol. The van der Waals surface area contributed by atoms with E-state index in [-0.39, 0.29) is 11.6 Å². The summed E-state index contributed by atoms with van der Waals surface area (Å²) in [7, 11) is 1.64. The number of benzene rings is 1. The number of nitrogens with zero attached hydrogens (tertiary/aromatic N) is 1. The van der Waals surface area contributed by atoms with Crippen LogP contribution in [0.2, 0.25) is 0 Å². The number of hydrogen-bond donors (Lipinski definition) is 2. The minimum absolute atomic E-state index is 0.106. The third-order valence-corrected chi connectivity index (χ3v) is 5.16. The summed E-state index contributed by atoms with van der Waals surface area (Å²) < 4.78 is 10.6. The minimum atomic E-state index is -0.106. The largest absolute Gasteiger partial charge is 0.497 e. The zero-order chi connectivity index (χ0) is 16.8. The molecule has 1 aliphatic carbocycles. The van der Waals surface area contributed by atoms with Crippen molar-refractivity contribution in [1.29, 1.82) is 0 Å². The van der Waals surface area contributed by atoms with E-state index >= 15 is 0 Å². The lowest BCUT2D eigenvalue weighted by molar-refractivity contribution is -0.0536. The highest BCUT2D eigenvalue weighted by Crippen LogP contribution is 2.37. The Morgan fingerprint density at radius 3 is 2.50 bits per heavy atom. The van der Waals surface area contributed by atoms with Gasteiger partial charge in [-0.05, 0) is 37.0 Å². The predicted octanol–water partition coefficient (Wildman–Crippen LogP) is 1.75. The Morgan fingerprint density at radius 2 is 1.92 bits per heavy atom. The summed E-state index contributed by atoms with van der Waals surface area (Å²) in [6.45, 7) is 4.75. The number of hydrogen-bond acceptors (Lipinski definition) is 4. The number of nitrogens with one attached hydrogen (secondary N) is 2. The zero-order valence-electron chi connectivity index (χ0n) is 14.3. The quantitative estimate of drug-likeness (QED) is 0.832. The molecule has 3 rings (SSSR count). The van der Waals surface area contributed by atoms with Gasteiger partial charge in [-0.15, -0.1) is 0 Å². The van der Waals surface area contributed by atoms with Gasteiger partial charge in [-0.1, -0.05) is 12.1 Å². The summed E-state index contributed by atoms with van der Waals surface area (Å²) >= 11 is 0. The van der Waals surface area contributed by atoms with E-state index in [4.69, 9.17) is 9.47 Å². The number of rotatable bonds is 6. The zero-order valence-corrected chi connectivity index (χ0v) is 14.3. The van der Waals surface area contributed by atoms with E-state index < -0.39 is 0 Å². The summed E-state index contributed by atoms with van der Waals surface area (Å²) in [5.74, 6) is 0.820. The van der Waals surface area contributed by atoms with Gasteiger partial charge in [-0.2, -0.15) is 0 Å². The molecule has 0 unspecified atom stereocenters. The van der Waals surface area contributed by atoms with Crippen LogP contribution in [0.3, 0.4) is 0 Å². The number of ether oxygens (including phenoxy) is 2. The van der Waals surface area contributed by atoms with E-state index in [1.54, 1.807) is 7.11 Å². The number of carbonyl (C=O) groups excluding carboxylic acids is 1. The Bertz CT molecular complexity index is 537. The number of methoxy groups -OCH3 is 1. The molecule has 0 radical (unpaired) electrons. The molecule has 132 valence electrons. The topological polar surface area (TPSA) is 62.8 Å². The van der Waals surface area contributed by atoms with Gasteiger partial charge >= 0.3 is 6.03 Å². The smallest absolute Gasteiger partial charge is 0.315 e. The first-order valence-corrected chi connectivity index (χ1v) is 8.69. The fourth-order valence-corrected chi connectivity index (χ4v) is 3.46. The first-order valence-electron chi connectivity index (χ1n) is 8.69. The molecule has 0 spiro atoms. The maximum atomic E-state index is 12.1. The van der Waals surface area contributed by atoms with Gasteiger partial charge in [0.2, 0.25) is 0 Å². The van der Waals surface area contributed by atoms with Crippen molar-refractivity contribution in [2.45, 2.75) is 31.3 Å². The standard InChI is InChI=1S/C18H27N3O3/c1-23-16-5-3-15(4-6-16)13-19-17(22)20-14-18(7-2-8-18)21-9-11-24-12-10-21/h3-6H,2,7-14H2,1H3,(H2,19,20,22). The van der Waals surface area contributed by atoms with Crippen LogP contribution in [0.15, 0.2) is 24.3 Å². The van der Waals surface area contributed by atoms with Crippen molar-refractivity contribution in [3.05, 3.63) is 29.8 Å². The Labute approximate surface area is 143 Å². The van der Waals surface area contributed by atoms with Crippen molar-refractivity contribution in [2.24, 2.45) is 0 Å². The molecule has 1 saturated heterocycles. The van der Waals surface area contributed by atoms with Crippen LogP contribution in [0.25, 0.3) is 0 Å². The number of amides is 2. The molecular weight excluding hydrogens is 306 g/mol. The molecular formula is C18H27N3O3. The normalized spacial score (nSPS) is 20.0. The lowest BCUT2D eigenvalue weighted by atomic mass is 9.75. The van der Waals surface area contributed by atoms with Crippen LogP contribution in [0.4, 0.5) is 4.79 Å². The van der Waals surface area contributed by atoms with Crippen LogP contribution in [-0.2, 0) is 11.3 Å². The third kappa shape index (κ3) is 3.99. The van der Waals surface area contributed by atoms with E-state index in [0.29, 0.717) is 13.1 Å². The molecule has 1 aromatic rings. The third-order valence-electron chi connectivity index (χ3n) is 5.16. The van der Waals surface area contributed by atoms with E-state index in [1.165, 1.54) is 6.42 Å². The average molecular weight is 333 g/mol. The number of carbonyl (C=O) groups is 1. The summed E-state index contributed by atoms with van der Waals surface area (Å²) in [4.78, 5) is 14.6. The molecule has 0 atom stereocenters. The summed E-state index contributed by atoms with van der Waals surface area (Å²) in [5, 5.41) is 5.98. The molecule has 1 aliphatic heterocycles. The first-order chi connectivity index (χ1) is 11.7. The molecule has 1 heterocycles. The van der Waals surface area contributed by atoms with Gasteiger partial charge in [0.1, 0.15) is 5.75 Å². The molecule has 24 heavy (non-hydrogen) atoms. The van der Waals surface area contributed by atoms with E-state index in [1.807, 2.05) is 24.3 Å². The first kappa shape index (κ1) is 17.0. The molecule has 2 fully saturated rings. The van der Waals surface area contributed by atoms with E-state index in [2.05, 4.69) is 15.5 Å². The van der Waals surface area contributed by atoms with Crippen LogP contribution >= 0.6 is 0 Å². The van der Waals surface area contributed by atoms with Crippen molar-refractivity contribution in [3.8, 4) is 5.75 Å². The number of urea groups is 1. The van der Waals surface area contributed by atoms with Crippen molar-refractivity contribution >= 4 is 6.03 Å². The highest BCUT2D eigenvalue weighted by atomic mass is 16.5. The molecule has 6 nitrogen and oxygen atoms in total. The maximum absolute atomic E-state index is 12.1. The van der Waals surface area contributed by atoms with Gasteiger partial charge in [0.25, 0.3) is 0 Å². The van der Waals surface area contributed by atoms with Crippen molar-refractivity contribution in [2.75, 3.05) is 40.0 Å². The SMILES string of the molecule is COc1ccc(CNC(=O)NCC2(N3CCOCC3)CCC2)cc1. The van der Waals surface area contributed by atoms with E-state index in [9.17, 15) is 4.79 Å². The van der Waals surface area contributed by atoms with Gasteiger partial charge in [0.05, 0.1) is 20.3 Å². The Kier molecular flexibility index (Phi) is 5.58. The lowest BCUT2D eigenvalue weighted by Crippen LogP contribution is -2.63. The van der Waals surface area contributed by atoms with Crippen LogP contribution < -0.4 is 15.4 Å². The predicted molar refractivity (Wildman–Crippen MR) is 92.2 cm³/mol. The highest BCUT2D eigenvalue weighted by Gasteiger charge is 2.42. The maximum Gasteiger partial charge on any atom is 0.315 e. The van der Waals surface area contributed by atoms with Gasteiger partial charge in [0, 0.05) is 31.7 Å². The van der Waals surface area contributed by atoms with Gasteiger partial charge in [-0.3, -0.25) is 4.90 Å². The lowest BCUT2D eigenvalue weighted by Gasteiger charge is -2.51. The van der Waals surface area contributed by atoms with Crippen LogP contribution in [0, 0.1) is 0 Å². The van der Waals surface area contributed by atoms with Crippen LogP contribution in [-0.4, -0.2) is 56.4 Å². The van der Waals surface area contributed by atoms with Crippen molar-refractivity contribution in [1.82, 2.24) is 15.5 Å². The Balaban J connectivity index is 1.44.